The third-order valence-corrected chi connectivity index (χ3v) is 5.39. The molecule has 1 aromatic heterocycles. The Morgan fingerprint density at radius 3 is 2.48 bits per heavy atom. The molecule has 6 heteroatoms. The Kier molecular flexibility index (Phi) is 5.42. The largest absolute Gasteiger partial charge is 0.334 e. The van der Waals surface area contributed by atoms with Gasteiger partial charge in [0.15, 0.2) is 0 Å². The number of para-hydroxylation sites is 1. The van der Waals surface area contributed by atoms with Gasteiger partial charge in [0, 0.05) is 11.9 Å². The minimum absolute atomic E-state index is 0.193. The van der Waals surface area contributed by atoms with Gasteiger partial charge in [-0.2, -0.15) is 0 Å². The van der Waals surface area contributed by atoms with Crippen molar-refractivity contribution in [2.24, 2.45) is 0 Å². The summed E-state index contributed by atoms with van der Waals surface area (Å²) >= 11 is 0. The van der Waals surface area contributed by atoms with Crippen LogP contribution in [0.1, 0.15) is 31.2 Å². The number of rotatable bonds is 5. The zero-order valence-corrected chi connectivity index (χ0v) is 16.2. The quantitative estimate of drug-likeness (QED) is 0.618. The van der Waals surface area contributed by atoms with Crippen LogP contribution < -0.4 is 16.0 Å². The van der Waals surface area contributed by atoms with Crippen molar-refractivity contribution in [1.29, 1.82) is 0 Å². The van der Waals surface area contributed by atoms with Crippen LogP contribution in [0, 0.1) is 0 Å². The minimum Gasteiger partial charge on any atom is -0.334 e. The first kappa shape index (κ1) is 18.9. The normalized spacial score (nSPS) is 15.0. The molecule has 0 bridgehead atoms. The molecule has 0 radical (unpaired) electrons. The van der Waals surface area contributed by atoms with Gasteiger partial charge in [-0.1, -0.05) is 61.4 Å². The first-order valence-electron chi connectivity index (χ1n) is 9.91. The van der Waals surface area contributed by atoms with Crippen LogP contribution in [0.4, 0.5) is 10.5 Å². The van der Waals surface area contributed by atoms with Crippen LogP contribution in [0.3, 0.4) is 0 Å². The number of amides is 3. The molecule has 0 unspecified atom stereocenters. The average molecular weight is 388 g/mol. The van der Waals surface area contributed by atoms with Crippen molar-refractivity contribution in [2.45, 2.75) is 37.8 Å². The highest BCUT2D eigenvalue weighted by Gasteiger charge is 2.42. The first-order valence-corrected chi connectivity index (χ1v) is 9.91. The molecule has 1 saturated carbocycles. The maximum Gasteiger partial charge on any atom is 0.315 e. The number of hydrogen-bond donors (Lipinski definition) is 3. The molecule has 0 spiro atoms. The van der Waals surface area contributed by atoms with Crippen LogP contribution in [0.2, 0.25) is 0 Å². The molecule has 148 valence electrons. The van der Waals surface area contributed by atoms with E-state index in [2.05, 4.69) is 20.9 Å². The van der Waals surface area contributed by atoms with Crippen LogP contribution in [-0.2, 0) is 11.3 Å². The number of nitrogens with one attached hydrogen (secondary N) is 3. The van der Waals surface area contributed by atoms with Gasteiger partial charge < -0.3 is 16.0 Å². The Morgan fingerprint density at radius 2 is 1.69 bits per heavy atom. The number of urea groups is 1. The van der Waals surface area contributed by atoms with E-state index in [1.54, 1.807) is 6.20 Å². The molecular weight excluding hydrogens is 364 g/mol. The molecule has 2 aromatic carbocycles. The molecule has 3 amide bonds. The fourth-order valence-electron chi connectivity index (χ4n) is 3.82. The molecule has 1 heterocycles. The van der Waals surface area contributed by atoms with Gasteiger partial charge in [-0.3, -0.25) is 9.78 Å². The SMILES string of the molecule is O=C(NCc1ccccc1)NC1(C(=O)Nc2cnc3ccccc3c2)CCCC1. The fourth-order valence-corrected chi connectivity index (χ4v) is 3.82. The summed E-state index contributed by atoms with van der Waals surface area (Å²) in [5, 5.41) is 9.70. The van der Waals surface area contributed by atoms with E-state index >= 15 is 0 Å². The number of hydrogen-bond acceptors (Lipinski definition) is 3. The molecule has 1 aliphatic carbocycles. The Morgan fingerprint density at radius 1 is 0.966 bits per heavy atom. The molecule has 0 aliphatic heterocycles. The summed E-state index contributed by atoms with van der Waals surface area (Å²) < 4.78 is 0. The van der Waals surface area contributed by atoms with Crippen LogP contribution in [0.5, 0.6) is 0 Å². The van der Waals surface area contributed by atoms with Gasteiger partial charge in [0.1, 0.15) is 5.54 Å². The smallest absolute Gasteiger partial charge is 0.315 e. The molecule has 0 saturated heterocycles. The molecule has 1 fully saturated rings. The lowest BCUT2D eigenvalue weighted by Gasteiger charge is -2.29. The van der Waals surface area contributed by atoms with Gasteiger partial charge in [0.25, 0.3) is 0 Å². The van der Waals surface area contributed by atoms with E-state index in [0.717, 1.165) is 29.3 Å². The lowest BCUT2D eigenvalue weighted by molar-refractivity contribution is -0.121. The van der Waals surface area contributed by atoms with Crippen molar-refractivity contribution in [2.75, 3.05) is 5.32 Å². The van der Waals surface area contributed by atoms with Gasteiger partial charge >= 0.3 is 6.03 Å². The van der Waals surface area contributed by atoms with E-state index in [9.17, 15) is 9.59 Å². The summed E-state index contributed by atoms with van der Waals surface area (Å²) in [7, 11) is 0. The topological polar surface area (TPSA) is 83.1 Å². The standard InChI is InChI=1S/C23H24N4O2/c28-21(26-19-14-18-10-4-5-11-20(18)24-16-19)23(12-6-7-13-23)27-22(29)25-15-17-8-2-1-3-9-17/h1-5,8-11,14,16H,6-7,12-13,15H2,(H,26,28)(H2,25,27,29). The molecule has 3 N–H and O–H groups in total. The van der Waals surface area contributed by atoms with E-state index in [4.69, 9.17) is 0 Å². The Balaban J connectivity index is 1.43. The van der Waals surface area contributed by atoms with E-state index in [1.807, 2.05) is 60.7 Å². The fraction of sp³-hybridized carbons (Fsp3) is 0.261. The third-order valence-electron chi connectivity index (χ3n) is 5.39. The maximum atomic E-state index is 13.1. The van der Waals surface area contributed by atoms with E-state index < -0.39 is 5.54 Å². The zero-order valence-electron chi connectivity index (χ0n) is 16.2. The van der Waals surface area contributed by atoms with Crippen molar-refractivity contribution in [1.82, 2.24) is 15.6 Å². The summed E-state index contributed by atoms with van der Waals surface area (Å²) in [5.41, 5.74) is 1.62. The van der Waals surface area contributed by atoms with Gasteiger partial charge in [0.2, 0.25) is 5.91 Å². The Labute approximate surface area is 169 Å². The van der Waals surface area contributed by atoms with Crippen molar-refractivity contribution < 1.29 is 9.59 Å². The zero-order chi connectivity index (χ0) is 20.1. The number of carbonyl (C=O) groups is 2. The summed E-state index contributed by atoms with van der Waals surface area (Å²) in [6.45, 7) is 0.416. The monoisotopic (exact) mass is 388 g/mol. The predicted octanol–water partition coefficient (Wildman–Crippen LogP) is 3.99. The highest BCUT2D eigenvalue weighted by atomic mass is 16.2. The Hall–Kier alpha value is -3.41. The third kappa shape index (κ3) is 4.37. The van der Waals surface area contributed by atoms with Crippen LogP contribution in [-0.4, -0.2) is 22.5 Å². The number of anilines is 1. The second-order valence-corrected chi connectivity index (χ2v) is 7.45. The lowest BCUT2D eigenvalue weighted by atomic mass is 9.96. The Bertz CT molecular complexity index is 1010. The number of aromatic nitrogens is 1. The van der Waals surface area contributed by atoms with E-state index in [0.29, 0.717) is 25.1 Å². The molecule has 29 heavy (non-hydrogen) atoms. The average Bonchev–Trinajstić information content (AvgIpc) is 3.23. The lowest BCUT2D eigenvalue weighted by Crippen LogP contribution is -2.57. The van der Waals surface area contributed by atoms with Gasteiger partial charge in [-0.15, -0.1) is 0 Å². The highest BCUT2D eigenvalue weighted by Crippen LogP contribution is 2.31. The van der Waals surface area contributed by atoms with Crippen molar-refractivity contribution in [3.05, 3.63) is 72.4 Å². The van der Waals surface area contributed by atoms with Crippen LogP contribution in [0.15, 0.2) is 66.9 Å². The van der Waals surface area contributed by atoms with Gasteiger partial charge in [0.05, 0.1) is 17.4 Å². The molecule has 0 atom stereocenters. The molecule has 4 rings (SSSR count). The van der Waals surface area contributed by atoms with Crippen molar-refractivity contribution in [3.63, 3.8) is 0 Å². The second-order valence-electron chi connectivity index (χ2n) is 7.45. The molecule has 6 nitrogen and oxygen atoms in total. The highest BCUT2D eigenvalue weighted by molar-refractivity contribution is 6.01. The summed E-state index contributed by atoms with van der Waals surface area (Å²) in [6.07, 6.45) is 4.71. The van der Waals surface area contributed by atoms with Crippen LogP contribution >= 0.6 is 0 Å². The number of nitrogens with zero attached hydrogens (tertiary/aromatic N) is 1. The number of pyridine rings is 1. The summed E-state index contributed by atoms with van der Waals surface area (Å²) in [5.74, 6) is -0.193. The first-order chi connectivity index (χ1) is 14.1. The van der Waals surface area contributed by atoms with Crippen molar-refractivity contribution >= 4 is 28.5 Å². The molecule has 1 aliphatic rings. The number of carbonyl (C=O) groups excluding carboxylic acids is 2. The van der Waals surface area contributed by atoms with Crippen molar-refractivity contribution in [3.8, 4) is 0 Å². The maximum absolute atomic E-state index is 13.1. The number of fused-ring (bicyclic) bond motifs is 1. The molecule has 3 aromatic rings. The van der Waals surface area contributed by atoms with Gasteiger partial charge in [-0.25, -0.2) is 4.79 Å². The summed E-state index contributed by atoms with van der Waals surface area (Å²) in [6, 6.07) is 19.0. The van der Waals surface area contributed by atoms with Gasteiger partial charge in [-0.05, 0) is 30.5 Å². The predicted molar refractivity (Wildman–Crippen MR) is 113 cm³/mol. The summed E-state index contributed by atoms with van der Waals surface area (Å²) in [4.78, 5) is 30.0. The minimum atomic E-state index is -0.896. The molecular formula is C23H24N4O2. The van der Waals surface area contributed by atoms with E-state index in [1.165, 1.54) is 0 Å². The van der Waals surface area contributed by atoms with Crippen LogP contribution in [0.25, 0.3) is 10.9 Å². The van der Waals surface area contributed by atoms with E-state index in [-0.39, 0.29) is 11.9 Å². The number of benzene rings is 2. The second kappa shape index (κ2) is 8.31.